The first-order valence-corrected chi connectivity index (χ1v) is 5.78. The van der Waals surface area contributed by atoms with Crippen molar-refractivity contribution in [2.45, 2.75) is 0 Å². The summed E-state index contributed by atoms with van der Waals surface area (Å²) in [7, 11) is 0. The quantitative estimate of drug-likeness (QED) is 0.778. The number of rotatable bonds is 2. The van der Waals surface area contributed by atoms with Crippen LogP contribution in [0.2, 0.25) is 0 Å². The molecule has 100 valence electrons. The lowest BCUT2D eigenvalue weighted by atomic mass is 10.0. The number of aromatic nitrogens is 2. The Morgan fingerprint density at radius 3 is 2.55 bits per heavy atom. The van der Waals surface area contributed by atoms with E-state index in [2.05, 4.69) is 10.1 Å². The van der Waals surface area contributed by atoms with Gasteiger partial charge in [0.05, 0.1) is 11.8 Å². The van der Waals surface area contributed by atoms with Crippen LogP contribution in [0.4, 0.5) is 14.7 Å². The maximum Gasteiger partial charge on any atom is 0.230 e. The largest absolute Gasteiger partial charge is 0.367 e. The van der Waals surface area contributed by atoms with Gasteiger partial charge in [-0.3, -0.25) is 4.98 Å². The lowest BCUT2D eigenvalue weighted by molar-refractivity contribution is 0.439. The van der Waals surface area contributed by atoms with E-state index in [1.807, 2.05) is 0 Å². The number of nitrogens with zero attached hydrogens (tertiary/aromatic N) is 2. The van der Waals surface area contributed by atoms with E-state index in [4.69, 9.17) is 10.3 Å². The van der Waals surface area contributed by atoms with Crippen LogP contribution in [0.3, 0.4) is 0 Å². The van der Waals surface area contributed by atoms with Gasteiger partial charge in [-0.1, -0.05) is 23.4 Å². The molecule has 3 rings (SSSR count). The molecule has 3 aromatic rings. The number of anilines is 1. The predicted molar refractivity (Wildman–Crippen MR) is 69.5 cm³/mol. The number of benzene rings is 1. The summed E-state index contributed by atoms with van der Waals surface area (Å²) in [6, 6.07) is 7.44. The summed E-state index contributed by atoms with van der Waals surface area (Å²) in [5.41, 5.74) is 6.43. The Labute approximate surface area is 112 Å². The summed E-state index contributed by atoms with van der Waals surface area (Å²) in [6.07, 6.45) is 2.46. The highest BCUT2D eigenvalue weighted by atomic mass is 19.1. The van der Waals surface area contributed by atoms with E-state index in [0.29, 0.717) is 0 Å². The first-order chi connectivity index (χ1) is 9.68. The molecule has 6 heteroatoms. The Morgan fingerprint density at radius 1 is 1.00 bits per heavy atom. The molecule has 0 spiro atoms. The molecule has 0 aliphatic rings. The van der Waals surface area contributed by atoms with Gasteiger partial charge in [0.25, 0.3) is 0 Å². The Bertz CT molecular complexity index is 771. The minimum atomic E-state index is -0.585. The molecule has 0 radical (unpaired) electrons. The van der Waals surface area contributed by atoms with Gasteiger partial charge in [-0.05, 0) is 12.1 Å². The van der Waals surface area contributed by atoms with Gasteiger partial charge in [-0.15, -0.1) is 0 Å². The number of halogens is 2. The fourth-order valence-electron chi connectivity index (χ4n) is 1.98. The lowest BCUT2D eigenvalue weighted by Crippen LogP contribution is -1.92. The van der Waals surface area contributed by atoms with Crippen LogP contribution in [0, 0.1) is 11.6 Å². The van der Waals surface area contributed by atoms with Gasteiger partial charge in [0.1, 0.15) is 11.5 Å². The normalized spacial score (nSPS) is 10.7. The van der Waals surface area contributed by atoms with Crippen molar-refractivity contribution in [1.29, 1.82) is 0 Å². The fourth-order valence-corrected chi connectivity index (χ4v) is 1.98. The topological polar surface area (TPSA) is 64.9 Å². The number of pyridine rings is 1. The fraction of sp³-hybridized carbons (Fsp3) is 0. The molecule has 4 nitrogen and oxygen atoms in total. The van der Waals surface area contributed by atoms with Gasteiger partial charge >= 0.3 is 0 Å². The van der Waals surface area contributed by atoms with Crippen LogP contribution >= 0.6 is 0 Å². The summed E-state index contributed by atoms with van der Waals surface area (Å²) in [5.74, 6) is -1.14. The lowest BCUT2D eigenvalue weighted by Gasteiger charge is -2.04. The molecule has 2 aromatic heterocycles. The van der Waals surface area contributed by atoms with E-state index in [1.54, 1.807) is 12.1 Å². The first kappa shape index (κ1) is 12.3. The van der Waals surface area contributed by atoms with Crippen LogP contribution in [0.1, 0.15) is 0 Å². The van der Waals surface area contributed by atoms with E-state index in [0.717, 1.165) is 6.20 Å². The van der Waals surface area contributed by atoms with Gasteiger partial charge < -0.3 is 10.3 Å². The third-order valence-corrected chi connectivity index (χ3v) is 2.89. The van der Waals surface area contributed by atoms with Crippen LogP contribution in [-0.2, 0) is 0 Å². The number of nitrogens with two attached hydrogens (primary N) is 1. The molecular weight excluding hydrogens is 264 g/mol. The molecule has 0 amide bonds. The van der Waals surface area contributed by atoms with Gasteiger partial charge in [0.2, 0.25) is 5.88 Å². The van der Waals surface area contributed by atoms with Crippen molar-refractivity contribution in [3.05, 3.63) is 54.4 Å². The van der Waals surface area contributed by atoms with Crippen molar-refractivity contribution >= 4 is 5.88 Å². The van der Waals surface area contributed by atoms with Crippen molar-refractivity contribution in [2.75, 3.05) is 5.73 Å². The second kappa shape index (κ2) is 4.73. The molecule has 0 aliphatic heterocycles. The summed E-state index contributed by atoms with van der Waals surface area (Å²) in [6.45, 7) is 0. The average Bonchev–Trinajstić information content (AvgIpc) is 2.82. The molecule has 2 heterocycles. The maximum atomic E-state index is 13.9. The molecule has 0 saturated heterocycles. The Balaban J connectivity index is 2.26. The maximum absolute atomic E-state index is 13.9. The van der Waals surface area contributed by atoms with Gasteiger partial charge in [0.15, 0.2) is 5.82 Å². The van der Waals surface area contributed by atoms with Gasteiger partial charge in [-0.2, -0.15) is 0 Å². The Kier molecular flexibility index (Phi) is 2.90. The zero-order valence-corrected chi connectivity index (χ0v) is 10.2. The predicted octanol–water partition coefficient (Wildman–Crippen LogP) is 3.26. The Morgan fingerprint density at radius 2 is 1.80 bits per heavy atom. The molecule has 0 bridgehead atoms. The number of hydrogen-bond acceptors (Lipinski definition) is 4. The highest BCUT2D eigenvalue weighted by Crippen LogP contribution is 2.37. The van der Waals surface area contributed by atoms with Crippen LogP contribution in [0.5, 0.6) is 0 Å². The van der Waals surface area contributed by atoms with Crippen LogP contribution in [0.15, 0.2) is 47.2 Å². The third-order valence-electron chi connectivity index (χ3n) is 2.89. The van der Waals surface area contributed by atoms with Crippen molar-refractivity contribution in [3.8, 4) is 22.4 Å². The zero-order valence-electron chi connectivity index (χ0n) is 10.2. The SMILES string of the molecule is Nc1onc(-c2ccncc2F)c1-c1ccccc1F. The van der Waals surface area contributed by atoms with Crippen molar-refractivity contribution in [2.24, 2.45) is 0 Å². The summed E-state index contributed by atoms with van der Waals surface area (Å²) >= 11 is 0. The van der Waals surface area contributed by atoms with E-state index in [-0.39, 0.29) is 28.3 Å². The first-order valence-electron chi connectivity index (χ1n) is 5.78. The summed E-state index contributed by atoms with van der Waals surface area (Å²) < 4.78 is 32.6. The second-order valence-electron chi connectivity index (χ2n) is 4.11. The van der Waals surface area contributed by atoms with E-state index in [9.17, 15) is 8.78 Å². The minimum absolute atomic E-state index is 0.0682. The van der Waals surface area contributed by atoms with E-state index >= 15 is 0 Å². The number of hydrogen-bond donors (Lipinski definition) is 1. The minimum Gasteiger partial charge on any atom is -0.367 e. The molecule has 0 atom stereocenters. The summed E-state index contributed by atoms with van der Waals surface area (Å²) in [4.78, 5) is 3.66. The zero-order chi connectivity index (χ0) is 14.1. The van der Waals surface area contributed by atoms with Crippen molar-refractivity contribution < 1.29 is 13.3 Å². The van der Waals surface area contributed by atoms with Crippen molar-refractivity contribution in [3.63, 3.8) is 0 Å². The standard InChI is InChI=1S/C14H9F2N3O/c15-10-4-2-1-3-8(10)12-13(19-20-14(12)17)9-5-6-18-7-11(9)16/h1-7H,17H2. The highest BCUT2D eigenvalue weighted by Gasteiger charge is 2.21. The smallest absolute Gasteiger partial charge is 0.230 e. The highest BCUT2D eigenvalue weighted by molar-refractivity contribution is 5.87. The average molecular weight is 273 g/mol. The Hall–Kier alpha value is -2.76. The van der Waals surface area contributed by atoms with Crippen LogP contribution in [-0.4, -0.2) is 10.1 Å². The van der Waals surface area contributed by atoms with Gasteiger partial charge in [-0.25, -0.2) is 8.78 Å². The second-order valence-corrected chi connectivity index (χ2v) is 4.11. The van der Waals surface area contributed by atoms with Crippen LogP contribution < -0.4 is 5.73 Å². The summed E-state index contributed by atoms with van der Waals surface area (Å²) in [5, 5.41) is 3.73. The molecule has 0 unspecified atom stereocenters. The number of nitrogen functional groups attached to an aromatic ring is 1. The van der Waals surface area contributed by atoms with Crippen molar-refractivity contribution in [1.82, 2.24) is 10.1 Å². The third kappa shape index (κ3) is 1.91. The molecule has 0 saturated carbocycles. The molecule has 0 fully saturated rings. The molecule has 1 aromatic carbocycles. The van der Waals surface area contributed by atoms with E-state index < -0.39 is 11.6 Å². The molecule has 2 N–H and O–H groups in total. The molecule has 20 heavy (non-hydrogen) atoms. The molecular formula is C14H9F2N3O. The van der Waals surface area contributed by atoms with Gasteiger partial charge in [0, 0.05) is 17.3 Å². The monoisotopic (exact) mass is 273 g/mol. The van der Waals surface area contributed by atoms with E-state index in [1.165, 1.54) is 24.4 Å². The molecule has 0 aliphatic carbocycles. The van der Waals surface area contributed by atoms with Crippen LogP contribution in [0.25, 0.3) is 22.4 Å².